The highest BCUT2D eigenvalue weighted by atomic mass is 32.2. The van der Waals surface area contributed by atoms with Crippen LogP contribution in [0.5, 0.6) is 0 Å². The van der Waals surface area contributed by atoms with Crippen molar-refractivity contribution in [3.05, 3.63) is 95.3 Å². The zero-order valence-corrected chi connectivity index (χ0v) is 29.1. The number of amidine groups is 1. The van der Waals surface area contributed by atoms with Gasteiger partial charge in [-0.05, 0) is 62.2 Å². The summed E-state index contributed by atoms with van der Waals surface area (Å²) >= 11 is 0. The Kier molecular flexibility index (Phi) is 16.5. The molecule has 9 nitrogen and oxygen atoms in total. The number of alkyl halides is 6. The summed E-state index contributed by atoms with van der Waals surface area (Å²) in [6.07, 6.45) is -4.26. The number of aromatic nitrogens is 1. The molecule has 1 unspecified atom stereocenters. The maximum absolute atomic E-state index is 13.9. The Morgan fingerprint density at radius 1 is 1.12 bits per heavy atom. The Balaban J connectivity index is 0.00000613. The van der Waals surface area contributed by atoms with Crippen molar-refractivity contribution in [1.82, 2.24) is 14.8 Å². The molecule has 17 heteroatoms. The van der Waals surface area contributed by atoms with Gasteiger partial charge < -0.3 is 9.64 Å². The van der Waals surface area contributed by atoms with Crippen LogP contribution in [0.15, 0.2) is 77.8 Å². The third kappa shape index (κ3) is 14.1. The number of nitrogens with zero attached hydrogens (tertiary/aromatic N) is 4. The second-order valence-electron chi connectivity index (χ2n) is 10.4. The Labute approximate surface area is 286 Å². The molecule has 0 saturated carbocycles. The van der Waals surface area contributed by atoms with Gasteiger partial charge in [-0.3, -0.25) is 14.5 Å². The number of rotatable bonds is 14. The van der Waals surface area contributed by atoms with E-state index >= 15 is 0 Å². The number of carbonyl (C=O) groups is 2. The van der Waals surface area contributed by atoms with E-state index < -0.39 is 76.6 Å². The molecule has 0 bridgehead atoms. The number of pyridine rings is 1. The average Bonchev–Trinajstić information content (AvgIpc) is 3.02. The highest BCUT2D eigenvalue weighted by Gasteiger charge is 2.35. The van der Waals surface area contributed by atoms with Crippen molar-refractivity contribution in [3.8, 4) is 0 Å². The average molecular weight is 737 g/mol. The smallest absolute Gasteiger partial charge is 0.422 e. The molecule has 2 amide bonds. The second kappa shape index (κ2) is 19.0. The molecule has 1 atom stereocenters. The van der Waals surface area contributed by atoms with Gasteiger partial charge in [0.05, 0.1) is 23.8 Å². The fraction of sp³-hybridized carbons (Fsp3) is 0.394. The van der Waals surface area contributed by atoms with Gasteiger partial charge in [-0.15, -0.1) is 0 Å². The molecule has 2 aromatic rings. The number of amides is 2. The maximum atomic E-state index is 13.9. The van der Waals surface area contributed by atoms with Crippen molar-refractivity contribution in [1.29, 1.82) is 0 Å². The van der Waals surface area contributed by atoms with Crippen LogP contribution in [-0.2, 0) is 36.8 Å². The number of aliphatic imine (C=N–C) groups is 1. The molecule has 1 aromatic carbocycles. The van der Waals surface area contributed by atoms with E-state index in [-0.39, 0.29) is 29.3 Å². The van der Waals surface area contributed by atoms with Crippen LogP contribution in [0.4, 0.5) is 36.6 Å². The summed E-state index contributed by atoms with van der Waals surface area (Å²) in [5.41, 5.74) is -1.32. The van der Waals surface area contributed by atoms with Crippen molar-refractivity contribution >= 4 is 33.8 Å². The molecule has 0 saturated heterocycles. The van der Waals surface area contributed by atoms with E-state index in [0.717, 1.165) is 28.2 Å². The summed E-state index contributed by atoms with van der Waals surface area (Å²) in [6, 6.07) is 3.95. The lowest BCUT2D eigenvalue weighted by molar-refractivity contribution is -0.163. The third-order valence-electron chi connectivity index (χ3n) is 6.55. The van der Waals surface area contributed by atoms with Gasteiger partial charge in [-0.2, -0.15) is 26.3 Å². The van der Waals surface area contributed by atoms with Crippen molar-refractivity contribution < 1.29 is 53.5 Å². The first-order valence-corrected chi connectivity index (χ1v) is 17.0. The molecule has 0 spiro atoms. The fourth-order valence-electron chi connectivity index (χ4n) is 4.13. The number of hydrogen-bond donors (Lipinski definition) is 0. The topological polar surface area (TPSA) is 109 Å². The highest BCUT2D eigenvalue weighted by molar-refractivity contribution is 7.90. The number of carbonyl (C=O) groups excluding carboxylic acids is 2. The Hall–Kier alpha value is -4.54. The van der Waals surface area contributed by atoms with Crippen LogP contribution in [-0.4, -0.2) is 78.7 Å². The van der Waals surface area contributed by atoms with Crippen molar-refractivity contribution in [2.24, 2.45) is 4.99 Å². The molecule has 0 N–H and O–H groups in total. The third-order valence-corrected chi connectivity index (χ3v) is 7.47. The second-order valence-corrected chi connectivity index (χ2v) is 12.6. The first-order valence-electron chi connectivity index (χ1n) is 15.0. The summed E-state index contributed by atoms with van der Waals surface area (Å²) in [5, 5.41) is 0. The van der Waals surface area contributed by atoms with Crippen LogP contribution in [0.2, 0.25) is 0 Å². The molecule has 0 aliphatic heterocycles. The van der Waals surface area contributed by atoms with E-state index in [2.05, 4.69) is 21.3 Å². The van der Waals surface area contributed by atoms with E-state index in [1.807, 2.05) is 13.8 Å². The number of aryl methyl sites for hydroxylation is 1. The van der Waals surface area contributed by atoms with Gasteiger partial charge in [-0.1, -0.05) is 38.6 Å². The van der Waals surface area contributed by atoms with Gasteiger partial charge in [-0.25, -0.2) is 22.8 Å². The Morgan fingerprint density at radius 2 is 1.76 bits per heavy atom. The number of ether oxygens (including phenoxy) is 1. The normalized spacial score (nSPS) is 13.3. The zero-order chi connectivity index (χ0) is 38.4. The molecule has 0 aliphatic carbocycles. The monoisotopic (exact) mass is 736 g/mol. The first-order chi connectivity index (χ1) is 23.2. The minimum atomic E-state index is -5.06. The summed E-state index contributed by atoms with van der Waals surface area (Å²) < 4.78 is 121. The van der Waals surface area contributed by atoms with Crippen LogP contribution in [0.1, 0.15) is 44.4 Å². The predicted molar refractivity (Wildman–Crippen MR) is 175 cm³/mol. The van der Waals surface area contributed by atoms with Gasteiger partial charge >= 0.3 is 12.4 Å². The largest absolute Gasteiger partial charge is 0.485 e. The van der Waals surface area contributed by atoms with E-state index in [4.69, 9.17) is 0 Å². The molecule has 1 aromatic heterocycles. The number of sulfone groups is 1. The molecule has 2 rings (SSSR count). The SMILES string of the molecule is C=C(/C=C\C(=C/C)N(C=O)/C(=N\c1ncccc1C)C(C)N(CCS(C)(=O)=O)C(=O)Cc1ccc(F)c(C(F)(F)F)c1)OCC(F)(F)F.CC. The van der Waals surface area contributed by atoms with Gasteiger partial charge in [0.2, 0.25) is 12.3 Å². The van der Waals surface area contributed by atoms with Crippen molar-refractivity contribution in [3.63, 3.8) is 0 Å². The number of allylic oxidation sites excluding steroid dienone is 3. The Morgan fingerprint density at radius 3 is 2.28 bits per heavy atom. The van der Waals surface area contributed by atoms with E-state index in [0.29, 0.717) is 17.7 Å². The molecule has 0 radical (unpaired) electrons. The Bertz CT molecular complexity index is 1690. The lowest BCUT2D eigenvalue weighted by Gasteiger charge is -2.34. The van der Waals surface area contributed by atoms with Crippen molar-refractivity contribution in [2.75, 3.05) is 25.2 Å². The minimum Gasteiger partial charge on any atom is -0.485 e. The molecule has 50 heavy (non-hydrogen) atoms. The first kappa shape index (κ1) is 43.5. The summed E-state index contributed by atoms with van der Waals surface area (Å²) in [7, 11) is -3.72. The summed E-state index contributed by atoms with van der Waals surface area (Å²) in [5.74, 6) is -3.60. The maximum Gasteiger partial charge on any atom is 0.422 e. The van der Waals surface area contributed by atoms with Gasteiger partial charge in [0.25, 0.3) is 0 Å². The highest BCUT2D eigenvalue weighted by Crippen LogP contribution is 2.32. The van der Waals surface area contributed by atoms with E-state index in [1.165, 1.54) is 32.2 Å². The lowest BCUT2D eigenvalue weighted by Crippen LogP contribution is -2.50. The zero-order valence-electron chi connectivity index (χ0n) is 28.3. The van der Waals surface area contributed by atoms with Crippen LogP contribution in [0.3, 0.4) is 0 Å². The molecule has 1 heterocycles. The van der Waals surface area contributed by atoms with Crippen LogP contribution in [0.25, 0.3) is 0 Å². The van der Waals surface area contributed by atoms with Crippen LogP contribution >= 0.6 is 0 Å². The fourth-order valence-corrected chi connectivity index (χ4v) is 4.66. The molecule has 0 aliphatic rings. The molecular weight excluding hydrogens is 697 g/mol. The number of benzene rings is 1. The van der Waals surface area contributed by atoms with Crippen LogP contribution < -0.4 is 0 Å². The summed E-state index contributed by atoms with van der Waals surface area (Å²) in [6.45, 7) is 9.75. The number of hydrogen-bond acceptors (Lipinski definition) is 7. The lowest BCUT2D eigenvalue weighted by atomic mass is 10.1. The quantitative estimate of drug-likeness (QED) is 0.0511. The minimum absolute atomic E-state index is 0.00445. The molecule has 276 valence electrons. The van der Waals surface area contributed by atoms with Gasteiger partial charge in [0.1, 0.15) is 27.2 Å². The van der Waals surface area contributed by atoms with Crippen molar-refractivity contribution in [2.45, 2.75) is 59.4 Å². The van der Waals surface area contributed by atoms with Gasteiger partial charge in [0.15, 0.2) is 12.4 Å². The van der Waals surface area contributed by atoms with Crippen LogP contribution in [0, 0.1) is 12.7 Å². The predicted octanol–water partition coefficient (Wildman–Crippen LogP) is 7.12. The molecular formula is C33H39F7N4O5S. The molecule has 0 fully saturated rings. The van der Waals surface area contributed by atoms with Gasteiger partial charge in [0, 0.05) is 24.7 Å². The van der Waals surface area contributed by atoms with E-state index in [1.54, 1.807) is 19.1 Å². The standard InChI is InChI=1S/C31H33F7N4O5S.C2H6/c1-6-24(11-9-21(3)47-18-30(33,34)35)42(19-43)29(40-28-20(2)8-7-13-39-28)22(4)41(14-15-48(5,45)46)27(44)17-23-10-12-26(32)25(16-23)31(36,37)38;1-2/h6-13,16,19,22H,3,14-15,17-18H2,1-2,4-5H3;1-2H3/b11-9-,24-6+,40-29-;. The number of halogens is 7. The van der Waals surface area contributed by atoms with E-state index in [9.17, 15) is 48.7 Å². The summed E-state index contributed by atoms with van der Waals surface area (Å²) in [4.78, 5) is 36.9.